The second-order valence-corrected chi connectivity index (χ2v) is 5.74. The Morgan fingerprint density at radius 1 is 1.33 bits per heavy atom. The molecule has 0 radical (unpaired) electrons. The Hall–Kier alpha value is -0.0700. The van der Waals surface area contributed by atoms with Gasteiger partial charge >= 0.3 is 0 Å². The van der Waals surface area contributed by atoms with Crippen molar-refractivity contribution < 1.29 is 9.50 Å². The van der Waals surface area contributed by atoms with Gasteiger partial charge < -0.3 is 10.4 Å². The van der Waals surface area contributed by atoms with Crippen LogP contribution < -0.4 is 5.32 Å². The third kappa shape index (κ3) is 4.96. The molecule has 0 aliphatic carbocycles. The highest BCUT2D eigenvalue weighted by molar-refractivity contribution is 9.10. The van der Waals surface area contributed by atoms with Gasteiger partial charge in [-0.3, -0.25) is 4.90 Å². The molecule has 7 heteroatoms. The van der Waals surface area contributed by atoms with E-state index in [0.717, 1.165) is 43.5 Å². The molecular formula is C14H22BrCl2FN2O. The van der Waals surface area contributed by atoms with Crippen LogP contribution in [0, 0.1) is 5.82 Å². The SMILES string of the molecule is CCC[C@@H](c1c(Br)ccc(F)c1O)N1CCNCC1.Cl.Cl. The molecule has 1 fully saturated rings. The van der Waals surface area contributed by atoms with E-state index in [2.05, 4.69) is 33.1 Å². The summed E-state index contributed by atoms with van der Waals surface area (Å²) in [4.78, 5) is 2.32. The summed E-state index contributed by atoms with van der Waals surface area (Å²) in [6.45, 7) is 5.83. The van der Waals surface area contributed by atoms with Gasteiger partial charge in [0.1, 0.15) is 0 Å². The number of phenolic OH excluding ortho intramolecular Hbond substituents is 1. The first-order valence-corrected chi connectivity index (χ1v) is 7.56. The van der Waals surface area contributed by atoms with E-state index < -0.39 is 5.82 Å². The highest BCUT2D eigenvalue weighted by atomic mass is 79.9. The number of phenols is 1. The molecule has 122 valence electrons. The second kappa shape index (κ2) is 9.85. The average Bonchev–Trinajstić information content (AvgIpc) is 2.43. The van der Waals surface area contributed by atoms with Crippen LogP contribution in [0.2, 0.25) is 0 Å². The van der Waals surface area contributed by atoms with E-state index in [1.54, 1.807) is 6.07 Å². The normalized spacial score (nSPS) is 16.7. The van der Waals surface area contributed by atoms with Crippen LogP contribution in [-0.2, 0) is 0 Å². The summed E-state index contributed by atoms with van der Waals surface area (Å²) >= 11 is 3.45. The first-order valence-electron chi connectivity index (χ1n) is 6.76. The number of nitrogens with zero attached hydrogens (tertiary/aromatic N) is 1. The van der Waals surface area contributed by atoms with E-state index >= 15 is 0 Å². The fourth-order valence-electron chi connectivity index (χ4n) is 2.65. The number of benzene rings is 1. The molecule has 1 aliphatic heterocycles. The van der Waals surface area contributed by atoms with Crippen molar-refractivity contribution in [3.63, 3.8) is 0 Å². The number of hydrogen-bond acceptors (Lipinski definition) is 3. The van der Waals surface area contributed by atoms with E-state index in [9.17, 15) is 9.50 Å². The lowest BCUT2D eigenvalue weighted by Gasteiger charge is -2.36. The molecule has 1 aliphatic rings. The van der Waals surface area contributed by atoms with Gasteiger partial charge in [0.15, 0.2) is 11.6 Å². The van der Waals surface area contributed by atoms with E-state index in [4.69, 9.17) is 0 Å². The maximum atomic E-state index is 13.6. The number of halogens is 4. The van der Waals surface area contributed by atoms with E-state index in [-0.39, 0.29) is 36.6 Å². The summed E-state index contributed by atoms with van der Waals surface area (Å²) in [5, 5.41) is 13.4. The van der Waals surface area contributed by atoms with E-state index in [0.29, 0.717) is 5.56 Å². The summed E-state index contributed by atoms with van der Waals surface area (Å²) < 4.78 is 14.4. The Morgan fingerprint density at radius 2 is 1.95 bits per heavy atom. The van der Waals surface area contributed by atoms with Crippen molar-refractivity contribution in [1.82, 2.24) is 10.2 Å². The maximum absolute atomic E-state index is 13.6. The number of aromatic hydroxyl groups is 1. The molecule has 0 spiro atoms. The Balaban J connectivity index is 0.00000200. The molecule has 1 aromatic rings. The fourth-order valence-corrected chi connectivity index (χ4v) is 3.23. The summed E-state index contributed by atoms with van der Waals surface area (Å²) in [5.74, 6) is -0.763. The molecule has 1 saturated heterocycles. The van der Waals surface area contributed by atoms with Crippen molar-refractivity contribution in [2.75, 3.05) is 26.2 Å². The molecule has 1 atom stereocenters. The van der Waals surface area contributed by atoms with Crippen molar-refractivity contribution in [1.29, 1.82) is 0 Å². The van der Waals surface area contributed by atoms with Crippen LogP contribution in [0.3, 0.4) is 0 Å². The van der Waals surface area contributed by atoms with Gasteiger partial charge in [0.2, 0.25) is 0 Å². The largest absolute Gasteiger partial charge is 0.505 e. The predicted molar refractivity (Wildman–Crippen MR) is 92.4 cm³/mol. The number of piperazine rings is 1. The van der Waals surface area contributed by atoms with Crippen molar-refractivity contribution in [2.45, 2.75) is 25.8 Å². The lowest BCUT2D eigenvalue weighted by atomic mass is 9.98. The summed E-state index contributed by atoms with van der Waals surface area (Å²) in [6.07, 6.45) is 1.91. The third-order valence-electron chi connectivity index (χ3n) is 3.60. The van der Waals surface area contributed by atoms with Crippen LogP contribution in [0.15, 0.2) is 16.6 Å². The highest BCUT2D eigenvalue weighted by Gasteiger charge is 2.27. The van der Waals surface area contributed by atoms with Crippen LogP contribution in [0.5, 0.6) is 5.75 Å². The van der Waals surface area contributed by atoms with Crippen LogP contribution >= 0.6 is 40.7 Å². The zero-order chi connectivity index (χ0) is 13.8. The van der Waals surface area contributed by atoms with Crippen molar-refractivity contribution in [3.05, 3.63) is 28.0 Å². The molecule has 0 unspecified atom stereocenters. The standard InChI is InChI=1S/C14H20BrFN2O.2ClH/c1-2-3-12(18-8-6-17-7-9-18)13-10(15)4-5-11(16)14(13)19;;/h4-5,12,17,19H,2-3,6-9H2,1H3;2*1H/t12-;;/m0../s1. The first kappa shape index (κ1) is 20.9. The van der Waals surface area contributed by atoms with E-state index in [1.165, 1.54) is 6.07 Å². The maximum Gasteiger partial charge on any atom is 0.165 e. The summed E-state index contributed by atoms with van der Waals surface area (Å²) in [5.41, 5.74) is 0.684. The number of rotatable bonds is 4. The molecule has 1 heterocycles. The zero-order valence-electron chi connectivity index (χ0n) is 11.9. The monoisotopic (exact) mass is 402 g/mol. The molecular weight excluding hydrogens is 382 g/mol. The molecule has 2 rings (SSSR count). The molecule has 0 amide bonds. The first-order chi connectivity index (χ1) is 9.15. The zero-order valence-corrected chi connectivity index (χ0v) is 15.2. The fraction of sp³-hybridized carbons (Fsp3) is 0.571. The van der Waals surface area contributed by atoms with Crippen LogP contribution in [-0.4, -0.2) is 36.2 Å². The van der Waals surface area contributed by atoms with Crippen molar-refractivity contribution >= 4 is 40.7 Å². The molecule has 0 bridgehead atoms. The minimum absolute atomic E-state index is 0. The molecule has 3 nitrogen and oxygen atoms in total. The predicted octanol–water partition coefficient (Wildman–Crippen LogP) is 3.88. The average molecular weight is 404 g/mol. The lowest BCUT2D eigenvalue weighted by Crippen LogP contribution is -2.45. The third-order valence-corrected chi connectivity index (χ3v) is 4.29. The number of nitrogens with one attached hydrogen (secondary N) is 1. The molecule has 1 aromatic carbocycles. The van der Waals surface area contributed by atoms with Crippen molar-refractivity contribution in [2.24, 2.45) is 0 Å². The minimum Gasteiger partial charge on any atom is -0.505 e. The summed E-state index contributed by atoms with van der Waals surface area (Å²) in [6, 6.07) is 3.04. The molecule has 21 heavy (non-hydrogen) atoms. The van der Waals surface area contributed by atoms with Gasteiger partial charge in [0, 0.05) is 42.3 Å². The van der Waals surface area contributed by atoms with Gasteiger partial charge in [-0.15, -0.1) is 24.8 Å². The molecule has 0 saturated carbocycles. The molecule has 2 N–H and O–H groups in total. The summed E-state index contributed by atoms with van der Waals surface area (Å²) in [7, 11) is 0. The van der Waals surface area contributed by atoms with Crippen molar-refractivity contribution in [3.8, 4) is 5.75 Å². The van der Waals surface area contributed by atoms with Crippen LogP contribution in [0.4, 0.5) is 4.39 Å². The van der Waals surface area contributed by atoms with Crippen LogP contribution in [0.1, 0.15) is 31.4 Å². The Bertz CT molecular complexity index is 445. The van der Waals surface area contributed by atoms with Gasteiger partial charge in [-0.25, -0.2) is 4.39 Å². The van der Waals surface area contributed by atoms with Gasteiger partial charge in [-0.2, -0.15) is 0 Å². The smallest absolute Gasteiger partial charge is 0.165 e. The highest BCUT2D eigenvalue weighted by Crippen LogP contribution is 2.39. The minimum atomic E-state index is -0.547. The quantitative estimate of drug-likeness (QED) is 0.800. The Morgan fingerprint density at radius 3 is 2.52 bits per heavy atom. The van der Waals surface area contributed by atoms with E-state index in [1.807, 2.05) is 0 Å². The topological polar surface area (TPSA) is 35.5 Å². The van der Waals surface area contributed by atoms with Gasteiger partial charge in [0.05, 0.1) is 0 Å². The number of hydrogen-bond donors (Lipinski definition) is 2. The van der Waals surface area contributed by atoms with Gasteiger partial charge in [0.25, 0.3) is 0 Å². The Labute approximate surface area is 146 Å². The lowest BCUT2D eigenvalue weighted by molar-refractivity contribution is 0.161. The second-order valence-electron chi connectivity index (χ2n) is 4.88. The Kier molecular flexibility index (Phi) is 9.81. The van der Waals surface area contributed by atoms with Gasteiger partial charge in [-0.05, 0) is 18.6 Å². The van der Waals surface area contributed by atoms with Gasteiger partial charge in [-0.1, -0.05) is 29.3 Å². The molecule has 0 aromatic heterocycles. The van der Waals surface area contributed by atoms with Crippen LogP contribution in [0.25, 0.3) is 0 Å².